The molecule has 2 rings (SSSR count). The maximum atomic E-state index is 12.0. The van der Waals surface area contributed by atoms with Gasteiger partial charge in [0.2, 0.25) is 6.10 Å². The van der Waals surface area contributed by atoms with Crippen molar-refractivity contribution in [1.82, 2.24) is 5.32 Å². The summed E-state index contributed by atoms with van der Waals surface area (Å²) in [5.41, 5.74) is 7.02. The van der Waals surface area contributed by atoms with Gasteiger partial charge in [-0.05, 0) is 18.6 Å². The topological polar surface area (TPSA) is 98.5 Å². The summed E-state index contributed by atoms with van der Waals surface area (Å²) in [5.74, 6) is -1.91. The molecular weight excluding hydrogens is 308 g/mol. The van der Waals surface area contributed by atoms with Crippen LogP contribution >= 0.6 is 0 Å². The van der Waals surface area contributed by atoms with Gasteiger partial charge in [0.15, 0.2) is 0 Å². The summed E-state index contributed by atoms with van der Waals surface area (Å²) in [6.45, 7) is 1.44. The van der Waals surface area contributed by atoms with E-state index in [1.54, 1.807) is 55.5 Å². The highest BCUT2D eigenvalue weighted by molar-refractivity contribution is 5.97. The van der Waals surface area contributed by atoms with E-state index in [9.17, 15) is 14.4 Å². The van der Waals surface area contributed by atoms with Crippen molar-refractivity contribution in [3.63, 3.8) is 0 Å². The van der Waals surface area contributed by atoms with Crippen LogP contribution in [0.15, 0.2) is 54.6 Å². The maximum Gasteiger partial charge on any atom is 0.326 e. The van der Waals surface area contributed by atoms with Crippen LogP contribution in [0.4, 0.5) is 0 Å². The van der Waals surface area contributed by atoms with E-state index in [0.717, 1.165) is 5.56 Å². The van der Waals surface area contributed by atoms with Crippen molar-refractivity contribution >= 4 is 17.8 Å². The van der Waals surface area contributed by atoms with Gasteiger partial charge in [-0.1, -0.05) is 48.5 Å². The number of benzene rings is 2. The standard InChI is InChI=1S/C18H18N2O4/c1-12-7-5-6-10-14(12)18(23)20-11-15(21)24-16(17(19)22)13-8-3-2-4-9-13/h2-10,16H,11H2,1H3,(H2,19,22)(H,20,23). The van der Waals surface area contributed by atoms with E-state index >= 15 is 0 Å². The molecule has 124 valence electrons. The molecule has 2 amide bonds. The van der Waals surface area contributed by atoms with Gasteiger partial charge < -0.3 is 15.8 Å². The van der Waals surface area contributed by atoms with Gasteiger partial charge in [-0.15, -0.1) is 0 Å². The first kappa shape index (κ1) is 17.2. The number of primary amides is 1. The monoisotopic (exact) mass is 326 g/mol. The summed E-state index contributed by atoms with van der Waals surface area (Å²) in [5, 5.41) is 2.47. The van der Waals surface area contributed by atoms with Gasteiger partial charge in [-0.2, -0.15) is 0 Å². The molecule has 0 fully saturated rings. The average Bonchev–Trinajstić information content (AvgIpc) is 2.58. The highest BCUT2D eigenvalue weighted by atomic mass is 16.5. The second-order valence-corrected chi connectivity index (χ2v) is 5.18. The molecule has 0 aliphatic heterocycles. The minimum Gasteiger partial charge on any atom is -0.446 e. The third-order valence-corrected chi connectivity index (χ3v) is 3.39. The van der Waals surface area contributed by atoms with Crippen LogP contribution in [0.3, 0.4) is 0 Å². The number of aryl methyl sites for hydroxylation is 1. The molecule has 0 bridgehead atoms. The molecule has 0 radical (unpaired) electrons. The van der Waals surface area contributed by atoms with E-state index in [1.165, 1.54) is 0 Å². The second kappa shape index (κ2) is 7.92. The lowest BCUT2D eigenvalue weighted by molar-refractivity contribution is -0.154. The number of carbonyl (C=O) groups excluding carboxylic acids is 3. The predicted octanol–water partition coefficient (Wildman–Crippen LogP) is 1.49. The van der Waals surface area contributed by atoms with Crippen LogP contribution in [0.5, 0.6) is 0 Å². The lowest BCUT2D eigenvalue weighted by Gasteiger charge is -2.15. The van der Waals surface area contributed by atoms with Crippen LogP contribution in [0.25, 0.3) is 0 Å². The number of esters is 1. The number of hydrogen-bond donors (Lipinski definition) is 2. The van der Waals surface area contributed by atoms with Crippen molar-refractivity contribution in [2.75, 3.05) is 6.54 Å². The minimum atomic E-state index is -1.19. The van der Waals surface area contributed by atoms with Gasteiger partial charge in [-0.25, -0.2) is 0 Å². The number of rotatable bonds is 6. The lowest BCUT2D eigenvalue weighted by Crippen LogP contribution is -2.34. The molecule has 0 aliphatic carbocycles. The van der Waals surface area contributed by atoms with E-state index < -0.39 is 18.0 Å². The zero-order valence-corrected chi connectivity index (χ0v) is 13.2. The van der Waals surface area contributed by atoms with Crippen molar-refractivity contribution in [3.05, 3.63) is 71.3 Å². The largest absolute Gasteiger partial charge is 0.446 e. The zero-order valence-electron chi connectivity index (χ0n) is 13.2. The van der Waals surface area contributed by atoms with Crippen LogP contribution in [0.1, 0.15) is 27.6 Å². The van der Waals surface area contributed by atoms with Crippen LogP contribution in [-0.4, -0.2) is 24.3 Å². The van der Waals surface area contributed by atoms with Crippen molar-refractivity contribution in [3.8, 4) is 0 Å². The average molecular weight is 326 g/mol. The molecule has 0 aromatic heterocycles. The van der Waals surface area contributed by atoms with Crippen molar-refractivity contribution in [2.45, 2.75) is 13.0 Å². The van der Waals surface area contributed by atoms with Crippen LogP contribution < -0.4 is 11.1 Å². The molecule has 0 saturated heterocycles. The number of amides is 2. The van der Waals surface area contributed by atoms with E-state index in [0.29, 0.717) is 11.1 Å². The minimum absolute atomic E-state index is 0.357. The van der Waals surface area contributed by atoms with Crippen LogP contribution in [0, 0.1) is 6.92 Å². The summed E-state index contributed by atoms with van der Waals surface area (Å²) in [6, 6.07) is 15.5. The highest BCUT2D eigenvalue weighted by Gasteiger charge is 2.22. The zero-order chi connectivity index (χ0) is 17.5. The maximum absolute atomic E-state index is 12.0. The first-order valence-corrected chi connectivity index (χ1v) is 7.36. The third kappa shape index (κ3) is 4.42. The molecule has 0 saturated carbocycles. The molecule has 24 heavy (non-hydrogen) atoms. The molecule has 6 heteroatoms. The van der Waals surface area contributed by atoms with Crippen molar-refractivity contribution in [1.29, 1.82) is 0 Å². The number of hydrogen-bond acceptors (Lipinski definition) is 4. The second-order valence-electron chi connectivity index (χ2n) is 5.18. The summed E-state index contributed by atoms with van der Waals surface area (Å²) in [7, 11) is 0. The molecule has 0 heterocycles. The van der Waals surface area contributed by atoms with E-state index in [-0.39, 0.29) is 12.5 Å². The molecule has 6 nitrogen and oxygen atoms in total. The Morgan fingerprint density at radius 1 is 1.04 bits per heavy atom. The number of ether oxygens (including phenoxy) is 1. The Morgan fingerprint density at radius 3 is 2.29 bits per heavy atom. The summed E-state index contributed by atoms with van der Waals surface area (Å²) >= 11 is 0. The predicted molar refractivity (Wildman–Crippen MR) is 88.0 cm³/mol. The fourth-order valence-corrected chi connectivity index (χ4v) is 2.17. The Balaban J connectivity index is 1.96. The van der Waals surface area contributed by atoms with Crippen molar-refractivity contribution < 1.29 is 19.1 Å². The lowest BCUT2D eigenvalue weighted by atomic mass is 10.1. The van der Waals surface area contributed by atoms with Gasteiger partial charge >= 0.3 is 5.97 Å². The Kier molecular flexibility index (Phi) is 5.68. The summed E-state index contributed by atoms with van der Waals surface area (Å²) in [4.78, 5) is 35.5. The van der Waals surface area contributed by atoms with Gasteiger partial charge in [0.1, 0.15) is 6.54 Å². The Labute approximate surface area is 139 Å². The van der Waals surface area contributed by atoms with E-state index in [1.807, 2.05) is 6.07 Å². The quantitative estimate of drug-likeness (QED) is 0.786. The van der Waals surface area contributed by atoms with E-state index in [2.05, 4.69) is 5.32 Å². The smallest absolute Gasteiger partial charge is 0.326 e. The Bertz CT molecular complexity index is 744. The first-order chi connectivity index (χ1) is 11.5. The highest BCUT2D eigenvalue weighted by Crippen LogP contribution is 2.16. The molecule has 3 N–H and O–H groups in total. The molecule has 2 aromatic carbocycles. The molecule has 1 atom stereocenters. The van der Waals surface area contributed by atoms with Gasteiger partial charge in [0.05, 0.1) is 0 Å². The molecular formula is C18H18N2O4. The van der Waals surface area contributed by atoms with Gasteiger partial charge in [-0.3, -0.25) is 14.4 Å². The normalized spacial score (nSPS) is 11.4. The molecule has 1 unspecified atom stereocenters. The summed E-state index contributed by atoms with van der Waals surface area (Å²) in [6.07, 6.45) is -1.19. The molecule has 2 aromatic rings. The fourth-order valence-electron chi connectivity index (χ4n) is 2.17. The van der Waals surface area contributed by atoms with Crippen LogP contribution in [-0.2, 0) is 14.3 Å². The Morgan fingerprint density at radius 2 is 1.67 bits per heavy atom. The fraction of sp³-hybridized carbons (Fsp3) is 0.167. The molecule has 0 spiro atoms. The number of nitrogens with one attached hydrogen (secondary N) is 1. The van der Waals surface area contributed by atoms with Gasteiger partial charge in [0, 0.05) is 11.1 Å². The van der Waals surface area contributed by atoms with Gasteiger partial charge in [0.25, 0.3) is 11.8 Å². The molecule has 0 aliphatic rings. The summed E-state index contributed by atoms with van der Waals surface area (Å²) < 4.78 is 5.09. The first-order valence-electron chi connectivity index (χ1n) is 7.36. The van der Waals surface area contributed by atoms with Crippen molar-refractivity contribution in [2.24, 2.45) is 5.73 Å². The SMILES string of the molecule is Cc1ccccc1C(=O)NCC(=O)OC(C(N)=O)c1ccccc1. The third-order valence-electron chi connectivity index (χ3n) is 3.39. The van der Waals surface area contributed by atoms with Crippen LogP contribution in [0.2, 0.25) is 0 Å². The van der Waals surface area contributed by atoms with E-state index in [4.69, 9.17) is 10.5 Å². The number of carbonyl (C=O) groups is 3. The Hall–Kier alpha value is -3.15. The number of nitrogens with two attached hydrogens (primary N) is 1.